The summed E-state index contributed by atoms with van der Waals surface area (Å²) in [6.07, 6.45) is 3.04. The molecule has 2 aromatic carbocycles. The molecular weight excluding hydrogens is 318 g/mol. The lowest BCUT2D eigenvalue weighted by Gasteiger charge is -2.05. The highest BCUT2D eigenvalue weighted by Gasteiger charge is 2.05. The van der Waals surface area contributed by atoms with Crippen molar-refractivity contribution in [1.29, 1.82) is 0 Å². The second-order valence-electron chi connectivity index (χ2n) is 5.20. The highest BCUT2D eigenvalue weighted by Crippen LogP contribution is 2.12. The van der Waals surface area contributed by atoms with Crippen LogP contribution in [0, 0.1) is 0 Å². The number of carbonyl (C=O) groups excluding carboxylic acids is 2. The van der Waals surface area contributed by atoms with Gasteiger partial charge in [-0.05, 0) is 36.3 Å². The maximum Gasteiger partial charge on any atom is 0.325 e. The van der Waals surface area contributed by atoms with Crippen molar-refractivity contribution in [3.8, 4) is 5.75 Å². The number of amides is 1. The minimum atomic E-state index is -0.480. The summed E-state index contributed by atoms with van der Waals surface area (Å²) in [6.45, 7) is 2.55. The number of carbonyl (C=O) groups is 2. The Kier molecular flexibility index (Phi) is 7.25. The number of ether oxygens (including phenoxy) is 2. The molecule has 0 saturated carbocycles. The monoisotopic (exact) mass is 339 g/mol. The number of rotatable bonds is 8. The van der Waals surface area contributed by atoms with E-state index in [2.05, 4.69) is 5.32 Å². The molecule has 25 heavy (non-hydrogen) atoms. The van der Waals surface area contributed by atoms with Gasteiger partial charge in [0, 0.05) is 6.08 Å². The van der Waals surface area contributed by atoms with Gasteiger partial charge in [0.2, 0.25) is 5.91 Å². The van der Waals surface area contributed by atoms with Gasteiger partial charge in [-0.2, -0.15) is 0 Å². The summed E-state index contributed by atoms with van der Waals surface area (Å²) in [5.74, 6) is -0.0533. The molecule has 0 aliphatic heterocycles. The van der Waals surface area contributed by atoms with E-state index >= 15 is 0 Å². The second-order valence-corrected chi connectivity index (χ2v) is 5.20. The summed E-state index contributed by atoms with van der Waals surface area (Å²) >= 11 is 0. The Labute approximate surface area is 147 Å². The first kappa shape index (κ1) is 18.3. The van der Waals surface area contributed by atoms with Crippen LogP contribution in [0.3, 0.4) is 0 Å². The van der Waals surface area contributed by atoms with Crippen molar-refractivity contribution in [2.24, 2.45) is 0 Å². The molecule has 1 N–H and O–H groups in total. The van der Waals surface area contributed by atoms with Crippen LogP contribution in [-0.4, -0.2) is 25.0 Å². The lowest BCUT2D eigenvalue weighted by Crippen LogP contribution is -2.29. The molecule has 2 aromatic rings. The molecule has 5 nitrogen and oxygen atoms in total. The van der Waals surface area contributed by atoms with Crippen molar-refractivity contribution in [2.75, 3.05) is 13.2 Å². The Morgan fingerprint density at radius 2 is 1.76 bits per heavy atom. The Balaban J connectivity index is 1.71. The maximum atomic E-state index is 11.7. The molecule has 0 aliphatic carbocycles. The highest BCUT2D eigenvalue weighted by molar-refractivity contribution is 5.93. The van der Waals surface area contributed by atoms with Crippen molar-refractivity contribution in [1.82, 2.24) is 5.32 Å². The quantitative estimate of drug-likeness (QED) is 0.593. The SMILES string of the molecule is CCOc1ccc(/C=C/C(=O)NCC(=O)OCc2ccccc2)cc1. The van der Waals surface area contributed by atoms with Crippen LogP contribution in [0.2, 0.25) is 0 Å². The third-order valence-electron chi connectivity index (χ3n) is 3.27. The van der Waals surface area contributed by atoms with Crippen LogP contribution in [0.15, 0.2) is 60.7 Å². The summed E-state index contributed by atoms with van der Waals surface area (Å²) in [7, 11) is 0. The average molecular weight is 339 g/mol. The van der Waals surface area contributed by atoms with E-state index in [0.717, 1.165) is 16.9 Å². The zero-order valence-electron chi connectivity index (χ0n) is 14.1. The number of esters is 1. The van der Waals surface area contributed by atoms with Gasteiger partial charge in [-0.3, -0.25) is 9.59 Å². The Hall–Kier alpha value is -3.08. The third kappa shape index (κ3) is 6.91. The van der Waals surface area contributed by atoms with Gasteiger partial charge in [-0.15, -0.1) is 0 Å². The van der Waals surface area contributed by atoms with Crippen molar-refractivity contribution < 1.29 is 19.1 Å². The van der Waals surface area contributed by atoms with Crippen LogP contribution in [0.4, 0.5) is 0 Å². The zero-order chi connectivity index (χ0) is 17.9. The minimum Gasteiger partial charge on any atom is -0.494 e. The van der Waals surface area contributed by atoms with Gasteiger partial charge in [-0.25, -0.2) is 0 Å². The zero-order valence-corrected chi connectivity index (χ0v) is 14.1. The van der Waals surface area contributed by atoms with Gasteiger partial charge < -0.3 is 14.8 Å². The first-order chi connectivity index (χ1) is 12.2. The van der Waals surface area contributed by atoms with E-state index in [9.17, 15) is 9.59 Å². The summed E-state index contributed by atoms with van der Waals surface area (Å²) in [5, 5.41) is 2.50. The number of hydrogen-bond acceptors (Lipinski definition) is 4. The molecule has 0 bridgehead atoms. The fraction of sp³-hybridized carbons (Fsp3) is 0.200. The van der Waals surface area contributed by atoms with E-state index in [1.807, 2.05) is 61.5 Å². The normalized spacial score (nSPS) is 10.4. The van der Waals surface area contributed by atoms with Crippen LogP contribution in [0.1, 0.15) is 18.1 Å². The number of benzene rings is 2. The highest BCUT2D eigenvalue weighted by atomic mass is 16.5. The lowest BCUT2D eigenvalue weighted by atomic mass is 10.2. The summed E-state index contributed by atoms with van der Waals surface area (Å²) < 4.78 is 10.4. The van der Waals surface area contributed by atoms with Gasteiger partial charge in [0.05, 0.1) is 6.61 Å². The molecule has 0 spiro atoms. The number of nitrogens with one attached hydrogen (secondary N) is 1. The number of hydrogen-bond donors (Lipinski definition) is 1. The summed E-state index contributed by atoms with van der Waals surface area (Å²) in [6, 6.07) is 16.7. The first-order valence-electron chi connectivity index (χ1n) is 8.05. The van der Waals surface area contributed by atoms with Crippen LogP contribution in [0.25, 0.3) is 6.08 Å². The summed E-state index contributed by atoms with van der Waals surface area (Å²) in [4.78, 5) is 23.4. The van der Waals surface area contributed by atoms with E-state index in [-0.39, 0.29) is 19.1 Å². The second kappa shape index (κ2) is 9.93. The van der Waals surface area contributed by atoms with Gasteiger partial charge in [0.1, 0.15) is 18.9 Å². The van der Waals surface area contributed by atoms with Crippen molar-refractivity contribution in [3.63, 3.8) is 0 Å². The van der Waals surface area contributed by atoms with Crippen LogP contribution in [-0.2, 0) is 20.9 Å². The fourth-order valence-electron chi connectivity index (χ4n) is 2.02. The van der Waals surface area contributed by atoms with Gasteiger partial charge >= 0.3 is 5.97 Å². The molecule has 130 valence electrons. The van der Waals surface area contributed by atoms with E-state index in [1.165, 1.54) is 6.08 Å². The average Bonchev–Trinajstić information content (AvgIpc) is 2.65. The molecule has 5 heteroatoms. The molecule has 0 aliphatic rings. The maximum absolute atomic E-state index is 11.7. The Morgan fingerprint density at radius 1 is 1.04 bits per heavy atom. The standard InChI is InChI=1S/C20H21NO4/c1-2-24-18-11-8-16(9-12-18)10-13-19(22)21-14-20(23)25-15-17-6-4-3-5-7-17/h3-13H,2,14-15H2,1H3,(H,21,22)/b13-10+. The van der Waals surface area contributed by atoms with E-state index in [4.69, 9.17) is 9.47 Å². The Bertz CT molecular complexity index is 708. The Morgan fingerprint density at radius 3 is 2.44 bits per heavy atom. The largest absolute Gasteiger partial charge is 0.494 e. The van der Waals surface area contributed by atoms with E-state index in [0.29, 0.717) is 6.61 Å². The smallest absolute Gasteiger partial charge is 0.325 e. The van der Waals surface area contributed by atoms with E-state index < -0.39 is 5.97 Å². The fourth-order valence-corrected chi connectivity index (χ4v) is 2.02. The molecule has 1 amide bonds. The van der Waals surface area contributed by atoms with Crippen LogP contribution < -0.4 is 10.1 Å². The van der Waals surface area contributed by atoms with Gasteiger partial charge in [0.15, 0.2) is 0 Å². The molecule has 0 heterocycles. The molecule has 0 aromatic heterocycles. The molecule has 0 unspecified atom stereocenters. The molecule has 0 saturated heterocycles. The van der Waals surface area contributed by atoms with Crippen molar-refractivity contribution in [2.45, 2.75) is 13.5 Å². The molecule has 2 rings (SSSR count). The first-order valence-corrected chi connectivity index (χ1v) is 8.05. The predicted octanol–water partition coefficient (Wildman–Crippen LogP) is 2.96. The molecule has 0 radical (unpaired) electrons. The van der Waals surface area contributed by atoms with Crippen LogP contribution >= 0.6 is 0 Å². The molecule has 0 atom stereocenters. The predicted molar refractivity (Wildman–Crippen MR) is 95.9 cm³/mol. The topological polar surface area (TPSA) is 64.6 Å². The van der Waals surface area contributed by atoms with Crippen LogP contribution in [0.5, 0.6) is 5.75 Å². The van der Waals surface area contributed by atoms with Gasteiger partial charge in [0.25, 0.3) is 0 Å². The third-order valence-corrected chi connectivity index (χ3v) is 3.27. The van der Waals surface area contributed by atoms with Gasteiger partial charge in [-0.1, -0.05) is 42.5 Å². The van der Waals surface area contributed by atoms with Crippen molar-refractivity contribution >= 4 is 18.0 Å². The molecular formula is C20H21NO4. The minimum absolute atomic E-state index is 0.167. The van der Waals surface area contributed by atoms with Crippen molar-refractivity contribution in [3.05, 3.63) is 71.8 Å². The lowest BCUT2D eigenvalue weighted by molar-refractivity contribution is -0.144. The van der Waals surface area contributed by atoms with E-state index in [1.54, 1.807) is 6.08 Å². The summed E-state index contributed by atoms with van der Waals surface area (Å²) in [5.41, 5.74) is 1.77. The molecule has 0 fully saturated rings.